The van der Waals surface area contributed by atoms with Crippen molar-refractivity contribution in [1.29, 1.82) is 0 Å². The van der Waals surface area contributed by atoms with Crippen molar-refractivity contribution in [2.75, 3.05) is 0 Å². The van der Waals surface area contributed by atoms with E-state index in [1.807, 2.05) is 0 Å². The van der Waals surface area contributed by atoms with Crippen molar-refractivity contribution < 1.29 is 13.7 Å². The maximum atomic E-state index is 12.4. The van der Waals surface area contributed by atoms with Gasteiger partial charge in [-0.1, -0.05) is 0 Å². The van der Waals surface area contributed by atoms with E-state index in [9.17, 15) is 18.9 Å². The summed E-state index contributed by atoms with van der Waals surface area (Å²) in [6.07, 6.45) is -2.73. The molecular weight excluding hydrogens is 206 g/mol. The fraction of sp³-hybridized carbons (Fsp3) is 0.333. The normalized spacial score (nSPS) is 12.9. The van der Waals surface area contributed by atoms with Gasteiger partial charge in [-0.25, -0.2) is 8.78 Å². The van der Waals surface area contributed by atoms with E-state index >= 15 is 0 Å². The molecule has 0 heterocycles. The number of nitro groups is 1. The molecule has 0 spiro atoms. The van der Waals surface area contributed by atoms with Gasteiger partial charge in [0.2, 0.25) is 0 Å². The number of hydrogen-bond acceptors (Lipinski definition) is 3. The molecule has 0 fully saturated rings. The Hall–Kier alpha value is -1.56. The zero-order valence-electron chi connectivity index (χ0n) is 7.98. The molecule has 0 aliphatic rings. The van der Waals surface area contributed by atoms with Crippen molar-refractivity contribution >= 4 is 5.69 Å². The number of non-ortho nitro benzene ring substituents is 1. The second kappa shape index (κ2) is 4.31. The molecule has 0 radical (unpaired) electrons. The SMILES string of the molecule is CC(N)c1cc(C(F)F)cc([N+](=O)[O-])c1. The average molecular weight is 216 g/mol. The Balaban J connectivity index is 3.26. The van der Waals surface area contributed by atoms with E-state index in [2.05, 4.69) is 0 Å². The van der Waals surface area contributed by atoms with E-state index in [0.717, 1.165) is 6.07 Å². The lowest BCUT2D eigenvalue weighted by molar-refractivity contribution is -0.385. The Labute approximate surface area is 84.9 Å². The van der Waals surface area contributed by atoms with Crippen LogP contribution in [-0.4, -0.2) is 4.92 Å². The quantitative estimate of drug-likeness (QED) is 0.623. The maximum absolute atomic E-state index is 12.4. The van der Waals surface area contributed by atoms with Gasteiger partial charge in [-0.2, -0.15) is 0 Å². The van der Waals surface area contributed by atoms with Crippen molar-refractivity contribution in [3.8, 4) is 0 Å². The molecule has 82 valence electrons. The molecule has 15 heavy (non-hydrogen) atoms. The average Bonchev–Trinajstić information content (AvgIpc) is 2.16. The lowest BCUT2D eigenvalue weighted by Crippen LogP contribution is -2.06. The second-order valence-electron chi connectivity index (χ2n) is 3.20. The molecule has 4 nitrogen and oxygen atoms in total. The van der Waals surface area contributed by atoms with E-state index in [0.29, 0.717) is 5.56 Å². The van der Waals surface area contributed by atoms with E-state index in [-0.39, 0.29) is 11.3 Å². The predicted octanol–water partition coefficient (Wildman–Crippen LogP) is 2.55. The van der Waals surface area contributed by atoms with Gasteiger partial charge in [-0.3, -0.25) is 10.1 Å². The first kappa shape index (κ1) is 11.5. The van der Waals surface area contributed by atoms with Crippen molar-refractivity contribution in [2.24, 2.45) is 5.73 Å². The fourth-order valence-electron chi connectivity index (χ4n) is 1.15. The largest absolute Gasteiger partial charge is 0.324 e. The molecule has 1 aromatic carbocycles. The molecule has 1 unspecified atom stereocenters. The molecular formula is C9H10F2N2O2. The lowest BCUT2D eigenvalue weighted by atomic mass is 10.0. The summed E-state index contributed by atoms with van der Waals surface area (Å²) in [7, 11) is 0. The highest BCUT2D eigenvalue weighted by molar-refractivity contribution is 5.40. The molecule has 0 amide bonds. The van der Waals surface area contributed by atoms with Crippen molar-refractivity contribution in [3.63, 3.8) is 0 Å². The molecule has 2 N–H and O–H groups in total. The number of nitro benzene ring substituents is 1. The number of alkyl halides is 2. The number of rotatable bonds is 3. The third kappa shape index (κ3) is 2.69. The van der Waals surface area contributed by atoms with Crippen LogP contribution in [0.1, 0.15) is 30.5 Å². The van der Waals surface area contributed by atoms with Gasteiger partial charge in [-0.15, -0.1) is 0 Å². The highest BCUT2D eigenvalue weighted by atomic mass is 19.3. The Bertz CT molecular complexity index is 354. The molecule has 1 aromatic rings. The van der Waals surface area contributed by atoms with E-state index in [4.69, 9.17) is 5.73 Å². The minimum atomic E-state index is -2.73. The standard InChI is InChI=1S/C9H10F2N2O2/c1-5(12)6-2-7(9(10)11)4-8(3-6)13(14)15/h2-5,9H,12H2,1H3. The van der Waals surface area contributed by atoms with Crippen molar-refractivity contribution in [3.05, 3.63) is 39.4 Å². The third-order valence-corrected chi connectivity index (χ3v) is 1.95. The van der Waals surface area contributed by atoms with Crippen LogP contribution in [-0.2, 0) is 0 Å². The first-order chi connectivity index (χ1) is 6.91. The molecule has 0 aliphatic heterocycles. The van der Waals surface area contributed by atoms with Crippen LogP contribution in [0.25, 0.3) is 0 Å². The molecule has 1 atom stereocenters. The van der Waals surface area contributed by atoms with Gasteiger partial charge < -0.3 is 5.73 Å². The highest BCUT2D eigenvalue weighted by Gasteiger charge is 2.16. The summed E-state index contributed by atoms with van der Waals surface area (Å²) in [5.41, 5.74) is 5.08. The summed E-state index contributed by atoms with van der Waals surface area (Å²) in [5, 5.41) is 10.5. The number of halogens is 2. The first-order valence-corrected chi connectivity index (χ1v) is 4.25. The molecule has 0 aliphatic carbocycles. The Morgan fingerprint density at radius 2 is 1.87 bits per heavy atom. The van der Waals surface area contributed by atoms with Crippen LogP contribution in [0.3, 0.4) is 0 Å². The number of nitrogens with two attached hydrogens (primary N) is 1. The van der Waals surface area contributed by atoms with Crippen LogP contribution in [0.15, 0.2) is 18.2 Å². The van der Waals surface area contributed by atoms with Crippen LogP contribution in [0.2, 0.25) is 0 Å². The highest BCUT2D eigenvalue weighted by Crippen LogP contribution is 2.27. The van der Waals surface area contributed by atoms with E-state index in [1.165, 1.54) is 12.1 Å². The third-order valence-electron chi connectivity index (χ3n) is 1.95. The number of hydrogen-bond donors (Lipinski definition) is 1. The van der Waals surface area contributed by atoms with Crippen LogP contribution < -0.4 is 5.73 Å². The van der Waals surface area contributed by atoms with E-state index < -0.39 is 17.4 Å². The summed E-state index contributed by atoms with van der Waals surface area (Å²) >= 11 is 0. The van der Waals surface area contributed by atoms with Gasteiger partial charge in [0.25, 0.3) is 12.1 Å². The van der Waals surface area contributed by atoms with E-state index in [1.54, 1.807) is 6.92 Å². The van der Waals surface area contributed by atoms with Gasteiger partial charge in [0.05, 0.1) is 4.92 Å². The second-order valence-corrected chi connectivity index (χ2v) is 3.20. The van der Waals surface area contributed by atoms with Crippen molar-refractivity contribution in [1.82, 2.24) is 0 Å². The Morgan fingerprint density at radius 1 is 1.33 bits per heavy atom. The van der Waals surface area contributed by atoms with Crippen LogP contribution in [0.4, 0.5) is 14.5 Å². The summed E-state index contributed by atoms with van der Waals surface area (Å²) in [5.74, 6) is 0. The van der Waals surface area contributed by atoms with Crippen LogP contribution in [0, 0.1) is 10.1 Å². The van der Waals surface area contributed by atoms with Crippen LogP contribution >= 0.6 is 0 Å². The Morgan fingerprint density at radius 3 is 2.27 bits per heavy atom. The first-order valence-electron chi connectivity index (χ1n) is 4.25. The predicted molar refractivity (Wildman–Crippen MR) is 50.7 cm³/mol. The number of benzene rings is 1. The molecule has 1 rings (SSSR count). The molecule has 0 aromatic heterocycles. The van der Waals surface area contributed by atoms with Gasteiger partial charge in [0.1, 0.15) is 0 Å². The lowest BCUT2D eigenvalue weighted by Gasteiger charge is -2.07. The summed E-state index contributed by atoms with van der Waals surface area (Å²) < 4.78 is 24.8. The fourth-order valence-corrected chi connectivity index (χ4v) is 1.15. The zero-order valence-corrected chi connectivity index (χ0v) is 7.98. The molecule has 0 bridgehead atoms. The Kier molecular flexibility index (Phi) is 3.31. The van der Waals surface area contributed by atoms with Gasteiger partial charge in [0.15, 0.2) is 0 Å². The number of nitrogens with zero attached hydrogens (tertiary/aromatic N) is 1. The van der Waals surface area contributed by atoms with Gasteiger partial charge >= 0.3 is 0 Å². The minimum absolute atomic E-state index is 0.333. The summed E-state index contributed by atoms with van der Waals surface area (Å²) in [4.78, 5) is 9.76. The molecule has 0 saturated heterocycles. The monoisotopic (exact) mass is 216 g/mol. The van der Waals surface area contributed by atoms with Crippen LogP contribution in [0.5, 0.6) is 0 Å². The maximum Gasteiger partial charge on any atom is 0.270 e. The zero-order chi connectivity index (χ0) is 11.6. The topological polar surface area (TPSA) is 69.2 Å². The van der Waals surface area contributed by atoms with Crippen molar-refractivity contribution in [2.45, 2.75) is 19.4 Å². The minimum Gasteiger partial charge on any atom is -0.324 e. The summed E-state index contributed by atoms with van der Waals surface area (Å²) in [6.45, 7) is 1.58. The molecule has 6 heteroatoms. The smallest absolute Gasteiger partial charge is 0.270 e. The van der Waals surface area contributed by atoms with Gasteiger partial charge in [0, 0.05) is 23.7 Å². The summed E-state index contributed by atoms with van der Waals surface area (Å²) in [6, 6.07) is 2.73. The van der Waals surface area contributed by atoms with Gasteiger partial charge in [-0.05, 0) is 18.6 Å². The molecule has 0 saturated carbocycles.